The van der Waals surface area contributed by atoms with Gasteiger partial charge in [-0.15, -0.1) is 0 Å². The van der Waals surface area contributed by atoms with Crippen LogP contribution < -0.4 is 0 Å². The predicted octanol–water partition coefficient (Wildman–Crippen LogP) is 2.44. The Morgan fingerprint density at radius 3 is 2.72 bits per heavy atom. The molecule has 4 heteroatoms. The molecule has 0 unspecified atom stereocenters. The van der Waals surface area contributed by atoms with Crippen molar-refractivity contribution < 1.29 is 19.0 Å². The molecule has 1 saturated heterocycles. The summed E-state index contributed by atoms with van der Waals surface area (Å²) in [6, 6.07) is 9.34. The van der Waals surface area contributed by atoms with E-state index >= 15 is 0 Å². The highest BCUT2D eigenvalue weighted by Gasteiger charge is 2.27. The predicted molar refractivity (Wildman–Crippen MR) is 65.9 cm³/mol. The van der Waals surface area contributed by atoms with E-state index in [9.17, 15) is 4.79 Å². The van der Waals surface area contributed by atoms with Gasteiger partial charge >= 0.3 is 5.97 Å². The minimum absolute atomic E-state index is 0.317. The fourth-order valence-electron chi connectivity index (χ4n) is 1.98. The van der Waals surface area contributed by atoms with Crippen molar-refractivity contribution in [2.45, 2.75) is 31.7 Å². The molecule has 0 amide bonds. The van der Waals surface area contributed by atoms with E-state index in [2.05, 4.69) is 0 Å². The van der Waals surface area contributed by atoms with E-state index in [4.69, 9.17) is 14.2 Å². The zero-order valence-electron chi connectivity index (χ0n) is 10.5. The number of esters is 1. The van der Waals surface area contributed by atoms with Crippen LogP contribution in [0.2, 0.25) is 0 Å². The molecule has 2 atom stereocenters. The van der Waals surface area contributed by atoms with Gasteiger partial charge in [0.1, 0.15) is 0 Å². The number of carbonyl (C=O) groups excluding carboxylic acids is 1. The van der Waals surface area contributed by atoms with Crippen LogP contribution in [-0.4, -0.2) is 26.0 Å². The third-order valence-corrected chi connectivity index (χ3v) is 2.94. The summed E-state index contributed by atoms with van der Waals surface area (Å²) in [5, 5.41) is 0. The summed E-state index contributed by atoms with van der Waals surface area (Å²) < 4.78 is 16.0. The lowest BCUT2D eigenvalue weighted by atomic mass is 10.1. The summed E-state index contributed by atoms with van der Waals surface area (Å²) in [4.78, 5) is 11.8. The number of rotatable bonds is 4. The van der Waals surface area contributed by atoms with Crippen LogP contribution in [-0.2, 0) is 19.0 Å². The maximum atomic E-state index is 11.8. The molecule has 0 bridgehead atoms. The Balaban J connectivity index is 2.07. The van der Waals surface area contributed by atoms with E-state index in [1.54, 1.807) is 0 Å². The van der Waals surface area contributed by atoms with Crippen LogP contribution in [0.5, 0.6) is 0 Å². The smallest absolute Gasteiger partial charge is 0.339 e. The quantitative estimate of drug-likeness (QED) is 0.770. The average Bonchev–Trinajstić information content (AvgIpc) is 2.46. The summed E-state index contributed by atoms with van der Waals surface area (Å²) >= 11 is 0. The van der Waals surface area contributed by atoms with E-state index in [0.717, 1.165) is 24.8 Å². The van der Waals surface area contributed by atoms with Crippen LogP contribution >= 0.6 is 0 Å². The molecule has 2 rings (SSSR count). The third-order valence-electron chi connectivity index (χ3n) is 2.94. The maximum absolute atomic E-state index is 11.8. The normalized spacial score (nSPS) is 21.3. The van der Waals surface area contributed by atoms with Crippen LogP contribution in [0.15, 0.2) is 30.3 Å². The molecule has 1 fully saturated rings. The van der Waals surface area contributed by atoms with E-state index in [0.29, 0.717) is 6.61 Å². The molecule has 1 aliphatic heterocycles. The fraction of sp³-hybridized carbons (Fsp3) is 0.500. The molecule has 18 heavy (non-hydrogen) atoms. The standard InChI is InChI=1S/C14H18O4/c1-16-14(15)13(11-7-3-2-4-8-11)18-12-9-5-6-10-17-12/h2-4,7-8,12-13H,5-6,9-10H2,1H3/t12-,13+/m0/s1. The minimum Gasteiger partial charge on any atom is -0.467 e. The van der Waals surface area contributed by atoms with Gasteiger partial charge in [-0.05, 0) is 24.8 Å². The third kappa shape index (κ3) is 3.31. The van der Waals surface area contributed by atoms with E-state index in [-0.39, 0.29) is 6.29 Å². The molecule has 1 aromatic carbocycles. The largest absolute Gasteiger partial charge is 0.467 e. The average molecular weight is 250 g/mol. The Hall–Kier alpha value is -1.39. The minimum atomic E-state index is -0.709. The summed E-state index contributed by atoms with van der Waals surface area (Å²) in [7, 11) is 1.36. The molecule has 0 radical (unpaired) electrons. The van der Waals surface area contributed by atoms with Crippen molar-refractivity contribution in [2.75, 3.05) is 13.7 Å². The van der Waals surface area contributed by atoms with Crippen molar-refractivity contribution in [1.29, 1.82) is 0 Å². The summed E-state index contributed by atoms with van der Waals surface area (Å²) in [5.41, 5.74) is 0.790. The number of carbonyl (C=O) groups is 1. The highest BCUT2D eigenvalue weighted by atomic mass is 16.7. The maximum Gasteiger partial charge on any atom is 0.339 e. The molecule has 1 aromatic rings. The highest BCUT2D eigenvalue weighted by Crippen LogP contribution is 2.24. The van der Waals surface area contributed by atoms with Crippen LogP contribution in [0.4, 0.5) is 0 Å². The van der Waals surface area contributed by atoms with Gasteiger partial charge in [0.25, 0.3) is 0 Å². The van der Waals surface area contributed by atoms with Gasteiger partial charge in [0.05, 0.1) is 7.11 Å². The van der Waals surface area contributed by atoms with Gasteiger partial charge in [-0.3, -0.25) is 0 Å². The first-order valence-corrected chi connectivity index (χ1v) is 6.21. The SMILES string of the molecule is COC(=O)[C@H](O[C@H]1CCCCO1)c1ccccc1. The van der Waals surface area contributed by atoms with Crippen molar-refractivity contribution in [3.05, 3.63) is 35.9 Å². The van der Waals surface area contributed by atoms with Gasteiger partial charge in [-0.1, -0.05) is 30.3 Å². The molecule has 1 heterocycles. The van der Waals surface area contributed by atoms with Crippen molar-refractivity contribution in [2.24, 2.45) is 0 Å². The summed E-state index contributed by atoms with van der Waals surface area (Å²) in [5.74, 6) is -0.393. The van der Waals surface area contributed by atoms with Gasteiger partial charge in [0, 0.05) is 6.61 Å². The molecule has 4 nitrogen and oxygen atoms in total. The number of ether oxygens (including phenoxy) is 3. The van der Waals surface area contributed by atoms with E-state index < -0.39 is 12.1 Å². The van der Waals surface area contributed by atoms with Gasteiger partial charge in [-0.25, -0.2) is 4.79 Å². The molecule has 0 aliphatic carbocycles. The van der Waals surface area contributed by atoms with Crippen LogP contribution in [0, 0.1) is 0 Å². The second-order valence-electron chi connectivity index (χ2n) is 4.25. The number of benzene rings is 1. The number of hydrogen-bond donors (Lipinski definition) is 0. The topological polar surface area (TPSA) is 44.8 Å². The first-order chi connectivity index (χ1) is 8.81. The Kier molecular flexibility index (Phi) is 4.73. The molecule has 0 aromatic heterocycles. The van der Waals surface area contributed by atoms with Crippen LogP contribution in [0.3, 0.4) is 0 Å². The van der Waals surface area contributed by atoms with Crippen molar-refractivity contribution in [1.82, 2.24) is 0 Å². The van der Waals surface area contributed by atoms with E-state index in [1.165, 1.54) is 7.11 Å². The Bertz CT molecular complexity index is 371. The molecule has 0 spiro atoms. The number of hydrogen-bond acceptors (Lipinski definition) is 4. The molecular weight excluding hydrogens is 232 g/mol. The first-order valence-electron chi connectivity index (χ1n) is 6.21. The van der Waals surface area contributed by atoms with Crippen LogP contribution in [0.25, 0.3) is 0 Å². The molecule has 0 saturated carbocycles. The monoisotopic (exact) mass is 250 g/mol. The molecular formula is C14H18O4. The Labute approximate surface area is 107 Å². The van der Waals surface area contributed by atoms with Crippen molar-refractivity contribution in [3.8, 4) is 0 Å². The first kappa shape index (κ1) is 13.1. The van der Waals surface area contributed by atoms with Gasteiger partial charge in [0.15, 0.2) is 12.4 Å². The molecule has 98 valence electrons. The summed E-state index contributed by atoms with van der Waals surface area (Å²) in [6.07, 6.45) is 1.91. The zero-order valence-corrected chi connectivity index (χ0v) is 10.5. The van der Waals surface area contributed by atoms with Gasteiger partial charge in [-0.2, -0.15) is 0 Å². The van der Waals surface area contributed by atoms with Crippen LogP contribution in [0.1, 0.15) is 30.9 Å². The Morgan fingerprint density at radius 1 is 1.33 bits per heavy atom. The molecule has 0 N–H and O–H groups in total. The van der Waals surface area contributed by atoms with Crippen molar-refractivity contribution in [3.63, 3.8) is 0 Å². The lowest BCUT2D eigenvalue weighted by molar-refractivity contribution is -0.204. The lowest BCUT2D eigenvalue weighted by Gasteiger charge is -2.26. The van der Waals surface area contributed by atoms with Gasteiger partial charge in [0.2, 0.25) is 0 Å². The van der Waals surface area contributed by atoms with Crippen molar-refractivity contribution >= 4 is 5.97 Å². The lowest BCUT2D eigenvalue weighted by Crippen LogP contribution is -2.28. The zero-order chi connectivity index (χ0) is 12.8. The summed E-state index contributed by atoms with van der Waals surface area (Å²) in [6.45, 7) is 0.688. The van der Waals surface area contributed by atoms with E-state index in [1.807, 2.05) is 30.3 Å². The second-order valence-corrected chi connectivity index (χ2v) is 4.25. The van der Waals surface area contributed by atoms with Gasteiger partial charge < -0.3 is 14.2 Å². The Morgan fingerprint density at radius 2 is 2.11 bits per heavy atom. The highest BCUT2D eigenvalue weighted by molar-refractivity contribution is 5.76. The fourth-order valence-corrected chi connectivity index (χ4v) is 1.98. The number of methoxy groups -OCH3 is 1. The second kappa shape index (κ2) is 6.52. The molecule has 1 aliphatic rings.